The van der Waals surface area contributed by atoms with E-state index in [1.54, 1.807) is 12.1 Å². The average Bonchev–Trinajstić information content (AvgIpc) is 2.74. The van der Waals surface area contributed by atoms with Gasteiger partial charge in [0.2, 0.25) is 0 Å². The van der Waals surface area contributed by atoms with Crippen LogP contribution in [0.4, 0.5) is 11.4 Å². The molecule has 1 saturated heterocycles. The maximum absolute atomic E-state index is 12.2. The smallest absolute Gasteiger partial charge is 0.338 e. The molecular formula is C22H28N3O4+. The number of carbonyl (C=O) groups is 2. The van der Waals surface area contributed by atoms with Crippen molar-refractivity contribution < 1.29 is 24.0 Å². The Kier molecular flexibility index (Phi) is 7.21. The zero-order valence-electron chi connectivity index (χ0n) is 16.9. The molecule has 2 aromatic rings. The summed E-state index contributed by atoms with van der Waals surface area (Å²) < 4.78 is 10.5. The molecule has 1 amide bonds. The number of carbonyl (C=O) groups excluding carboxylic acids is 2. The minimum Gasteiger partial charge on any atom is -0.452 e. The molecule has 0 aromatic heterocycles. The van der Waals surface area contributed by atoms with Crippen molar-refractivity contribution in [3.63, 3.8) is 0 Å². The number of nitrogens with zero attached hydrogens (tertiary/aromatic N) is 1. The van der Waals surface area contributed by atoms with Crippen molar-refractivity contribution in [1.29, 1.82) is 0 Å². The van der Waals surface area contributed by atoms with Gasteiger partial charge in [0.1, 0.15) is 19.6 Å². The molecule has 1 fully saturated rings. The highest BCUT2D eigenvalue weighted by Crippen LogP contribution is 2.15. The van der Waals surface area contributed by atoms with Crippen molar-refractivity contribution in [2.45, 2.75) is 6.54 Å². The van der Waals surface area contributed by atoms with Crippen molar-refractivity contribution in [3.8, 4) is 0 Å². The van der Waals surface area contributed by atoms with E-state index in [2.05, 4.69) is 5.32 Å². The summed E-state index contributed by atoms with van der Waals surface area (Å²) in [5.74, 6) is -0.878. The predicted molar refractivity (Wildman–Crippen MR) is 111 cm³/mol. The highest BCUT2D eigenvalue weighted by Gasteiger charge is 2.15. The van der Waals surface area contributed by atoms with E-state index in [1.165, 1.54) is 4.90 Å². The Labute approximate surface area is 171 Å². The minimum absolute atomic E-state index is 0.325. The molecule has 0 spiro atoms. The van der Waals surface area contributed by atoms with Gasteiger partial charge >= 0.3 is 5.97 Å². The van der Waals surface area contributed by atoms with Crippen LogP contribution in [0, 0.1) is 0 Å². The Morgan fingerprint density at radius 3 is 2.31 bits per heavy atom. The Bertz CT molecular complexity index is 813. The molecule has 3 rings (SSSR count). The molecule has 2 aromatic carbocycles. The van der Waals surface area contributed by atoms with E-state index >= 15 is 0 Å². The number of ether oxygens (including phenoxy) is 2. The molecule has 0 bridgehead atoms. The minimum atomic E-state index is -0.506. The van der Waals surface area contributed by atoms with Crippen LogP contribution in [0.25, 0.3) is 0 Å². The second kappa shape index (κ2) is 10.0. The Balaban J connectivity index is 1.45. The standard InChI is InChI=1S/C22H27N3O4/c1-24(2)20-9-7-19(8-10-20)23-21(26)16-29-22(27)18-5-3-17(4-6-18)15-25-11-13-28-14-12-25/h3-10H,11-16H2,1-2H3,(H,23,26)/p+1. The summed E-state index contributed by atoms with van der Waals surface area (Å²) in [6.45, 7) is 4.17. The van der Waals surface area contributed by atoms with Crippen LogP contribution < -0.4 is 15.1 Å². The highest BCUT2D eigenvalue weighted by molar-refractivity contribution is 5.95. The van der Waals surface area contributed by atoms with E-state index in [-0.39, 0.29) is 12.5 Å². The molecule has 0 saturated carbocycles. The zero-order valence-corrected chi connectivity index (χ0v) is 16.9. The van der Waals surface area contributed by atoms with Crippen LogP contribution in [0.3, 0.4) is 0 Å². The third kappa shape index (κ3) is 6.30. The molecule has 2 N–H and O–H groups in total. The molecule has 1 aliphatic rings. The lowest BCUT2D eigenvalue weighted by Gasteiger charge is -2.23. The summed E-state index contributed by atoms with van der Waals surface area (Å²) in [5, 5.41) is 2.72. The van der Waals surface area contributed by atoms with Crippen LogP contribution >= 0.6 is 0 Å². The van der Waals surface area contributed by atoms with E-state index < -0.39 is 5.97 Å². The number of hydrogen-bond acceptors (Lipinski definition) is 5. The van der Waals surface area contributed by atoms with Crippen molar-refractivity contribution in [1.82, 2.24) is 0 Å². The first-order valence-electron chi connectivity index (χ1n) is 9.76. The Morgan fingerprint density at radius 2 is 1.69 bits per heavy atom. The summed E-state index contributed by atoms with van der Waals surface area (Å²) in [4.78, 5) is 27.7. The fourth-order valence-corrected chi connectivity index (χ4v) is 3.14. The predicted octanol–water partition coefficient (Wildman–Crippen LogP) is 0.963. The first kappa shape index (κ1) is 20.8. The largest absolute Gasteiger partial charge is 0.452 e. The lowest BCUT2D eigenvalue weighted by molar-refractivity contribution is -0.921. The lowest BCUT2D eigenvalue weighted by atomic mass is 10.1. The lowest BCUT2D eigenvalue weighted by Crippen LogP contribution is -3.12. The number of rotatable bonds is 7. The first-order valence-corrected chi connectivity index (χ1v) is 9.76. The normalized spacial score (nSPS) is 14.3. The van der Waals surface area contributed by atoms with E-state index in [4.69, 9.17) is 9.47 Å². The van der Waals surface area contributed by atoms with Gasteiger partial charge in [-0.1, -0.05) is 12.1 Å². The van der Waals surface area contributed by atoms with Gasteiger partial charge in [-0.15, -0.1) is 0 Å². The van der Waals surface area contributed by atoms with Crippen LogP contribution in [0.1, 0.15) is 15.9 Å². The van der Waals surface area contributed by atoms with Gasteiger partial charge in [-0.2, -0.15) is 0 Å². The van der Waals surface area contributed by atoms with E-state index in [0.717, 1.165) is 44.1 Å². The van der Waals surface area contributed by atoms with Gasteiger partial charge < -0.3 is 24.6 Å². The van der Waals surface area contributed by atoms with E-state index in [9.17, 15) is 9.59 Å². The molecule has 0 unspecified atom stereocenters. The number of morpholine rings is 1. The molecular weight excluding hydrogens is 370 g/mol. The fraction of sp³-hybridized carbons (Fsp3) is 0.364. The Hall–Kier alpha value is -2.90. The molecule has 1 aliphatic heterocycles. The maximum atomic E-state index is 12.2. The average molecular weight is 398 g/mol. The first-order chi connectivity index (χ1) is 14.0. The third-order valence-electron chi connectivity index (χ3n) is 4.85. The molecule has 7 heteroatoms. The van der Waals surface area contributed by atoms with Crippen molar-refractivity contribution in [2.24, 2.45) is 0 Å². The monoisotopic (exact) mass is 398 g/mol. The number of quaternary nitrogens is 1. The Morgan fingerprint density at radius 1 is 1.03 bits per heavy atom. The molecule has 1 heterocycles. The van der Waals surface area contributed by atoms with Crippen LogP contribution in [0.5, 0.6) is 0 Å². The van der Waals surface area contributed by atoms with Gasteiger partial charge in [0.05, 0.1) is 18.8 Å². The fourth-order valence-electron chi connectivity index (χ4n) is 3.14. The number of hydrogen-bond donors (Lipinski definition) is 2. The summed E-state index contributed by atoms with van der Waals surface area (Å²) in [5.41, 5.74) is 3.30. The number of benzene rings is 2. The highest BCUT2D eigenvalue weighted by atomic mass is 16.5. The second-order valence-corrected chi connectivity index (χ2v) is 7.30. The molecule has 0 atom stereocenters. The van der Waals surface area contributed by atoms with E-state index in [1.807, 2.05) is 55.4 Å². The van der Waals surface area contributed by atoms with Crippen molar-refractivity contribution in [2.75, 3.05) is 57.2 Å². The molecule has 0 radical (unpaired) electrons. The van der Waals surface area contributed by atoms with Gasteiger partial charge in [-0.05, 0) is 36.4 Å². The van der Waals surface area contributed by atoms with Crippen LogP contribution in [0.15, 0.2) is 48.5 Å². The number of amides is 1. The quantitative estimate of drug-likeness (QED) is 0.680. The van der Waals surface area contributed by atoms with Gasteiger partial charge in [-0.25, -0.2) is 4.79 Å². The summed E-state index contributed by atoms with van der Waals surface area (Å²) in [6.07, 6.45) is 0. The van der Waals surface area contributed by atoms with Gasteiger partial charge in [0.25, 0.3) is 5.91 Å². The van der Waals surface area contributed by atoms with Gasteiger partial charge in [-0.3, -0.25) is 4.79 Å². The number of anilines is 2. The summed E-state index contributed by atoms with van der Waals surface area (Å²) in [6, 6.07) is 14.8. The van der Waals surface area contributed by atoms with Crippen molar-refractivity contribution >= 4 is 23.3 Å². The van der Waals surface area contributed by atoms with Gasteiger partial charge in [0, 0.05) is 31.0 Å². The van der Waals surface area contributed by atoms with Crippen LogP contribution in [-0.4, -0.2) is 58.9 Å². The van der Waals surface area contributed by atoms with Crippen LogP contribution in [0.2, 0.25) is 0 Å². The van der Waals surface area contributed by atoms with Crippen molar-refractivity contribution in [3.05, 3.63) is 59.7 Å². The molecule has 154 valence electrons. The van der Waals surface area contributed by atoms with E-state index in [0.29, 0.717) is 11.3 Å². The summed E-state index contributed by atoms with van der Waals surface area (Å²) in [7, 11) is 3.90. The maximum Gasteiger partial charge on any atom is 0.338 e. The topological polar surface area (TPSA) is 72.3 Å². The molecule has 29 heavy (non-hydrogen) atoms. The van der Waals surface area contributed by atoms with Gasteiger partial charge in [0.15, 0.2) is 6.61 Å². The number of nitrogens with one attached hydrogen (secondary N) is 2. The summed E-state index contributed by atoms with van der Waals surface area (Å²) >= 11 is 0. The number of esters is 1. The van der Waals surface area contributed by atoms with Crippen LogP contribution in [-0.2, 0) is 20.8 Å². The second-order valence-electron chi connectivity index (χ2n) is 7.30. The third-order valence-corrected chi connectivity index (χ3v) is 4.85. The molecule has 0 aliphatic carbocycles. The SMILES string of the molecule is CN(C)c1ccc(NC(=O)COC(=O)c2ccc(C[NH+]3CCOCC3)cc2)cc1. The molecule has 7 nitrogen and oxygen atoms in total. The zero-order chi connectivity index (χ0) is 20.6.